The summed E-state index contributed by atoms with van der Waals surface area (Å²) in [5, 5.41) is 0. The second kappa shape index (κ2) is 16.2. The molecule has 112 valence electrons. The highest BCUT2D eigenvalue weighted by atomic mass is 32.1. The fourth-order valence-corrected chi connectivity index (χ4v) is 2.42. The lowest BCUT2D eigenvalue weighted by Crippen LogP contribution is -1.94. The van der Waals surface area contributed by atoms with Crippen LogP contribution in [0.25, 0.3) is 0 Å². The monoisotopic (exact) mass is 300 g/mol. The van der Waals surface area contributed by atoms with Crippen molar-refractivity contribution in [3.05, 3.63) is 12.2 Å². The standard InChI is InChI=1S/C17H32S2/c1-2-3-4-5-6-7-8-9-10-11-12-13-14-15-17(19)16-18/h9-10,18H,2-8,11-16H2,1H3/b10-9-. The lowest BCUT2D eigenvalue weighted by Gasteiger charge is -1.99. The van der Waals surface area contributed by atoms with Gasteiger partial charge in [0.25, 0.3) is 0 Å². The summed E-state index contributed by atoms with van der Waals surface area (Å²) in [6.07, 6.45) is 20.6. The van der Waals surface area contributed by atoms with E-state index >= 15 is 0 Å². The van der Waals surface area contributed by atoms with Gasteiger partial charge in [-0.15, -0.1) is 0 Å². The fraction of sp³-hybridized carbons (Fsp3) is 0.824. The van der Waals surface area contributed by atoms with Gasteiger partial charge in [-0.05, 0) is 38.5 Å². The number of thiol groups is 1. The lowest BCUT2D eigenvalue weighted by molar-refractivity contribution is 0.611. The van der Waals surface area contributed by atoms with Crippen molar-refractivity contribution in [2.75, 3.05) is 5.75 Å². The molecule has 0 aliphatic heterocycles. The summed E-state index contributed by atoms with van der Waals surface area (Å²) < 4.78 is 0. The maximum Gasteiger partial charge on any atom is 0.0218 e. The molecule has 0 spiro atoms. The van der Waals surface area contributed by atoms with E-state index in [2.05, 4.69) is 31.7 Å². The first-order chi connectivity index (χ1) is 9.31. The number of hydrogen-bond donors (Lipinski definition) is 1. The highest BCUT2D eigenvalue weighted by Crippen LogP contribution is 2.09. The van der Waals surface area contributed by atoms with Gasteiger partial charge >= 0.3 is 0 Å². The van der Waals surface area contributed by atoms with E-state index in [1.165, 1.54) is 70.6 Å². The Labute approximate surface area is 131 Å². The van der Waals surface area contributed by atoms with Gasteiger partial charge in [-0.1, -0.05) is 69.8 Å². The molecule has 0 atom stereocenters. The maximum absolute atomic E-state index is 5.15. The van der Waals surface area contributed by atoms with Gasteiger partial charge < -0.3 is 0 Å². The zero-order valence-corrected chi connectivity index (χ0v) is 14.4. The second-order valence-corrected chi connectivity index (χ2v) is 6.22. The Balaban J connectivity index is 3.11. The van der Waals surface area contributed by atoms with Crippen LogP contribution < -0.4 is 0 Å². The van der Waals surface area contributed by atoms with Gasteiger partial charge in [-0.3, -0.25) is 0 Å². The van der Waals surface area contributed by atoms with Gasteiger partial charge in [0.15, 0.2) is 0 Å². The van der Waals surface area contributed by atoms with E-state index in [0.717, 1.165) is 17.0 Å². The van der Waals surface area contributed by atoms with E-state index in [9.17, 15) is 0 Å². The van der Waals surface area contributed by atoms with Crippen LogP contribution >= 0.6 is 24.8 Å². The van der Waals surface area contributed by atoms with Crippen molar-refractivity contribution < 1.29 is 0 Å². The normalized spacial score (nSPS) is 11.3. The fourth-order valence-electron chi connectivity index (χ4n) is 2.12. The van der Waals surface area contributed by atoms with Crippen LogP contribution in [0.5, 0.6) is 0 Å². The molecule has 0 aliphatic carbocycles. The van der Waals surface area contributed by atoms with Crippen LogP contribution in [0.4, 0.5) is 0 Å². The number of unbranched alkanes of at least 4 members (excludes halogenated alkanes) is 9. The van der Waals surface area contributed by atoms with Gasteiger partial charge in [0.05, 0.1) is 0 Å². The van der Waals surface area contributed by atoms with Crippen molar-refractivity contribution in [3.63, 3.8) is 0 Å². The van der Waals surface area contributed by atoms with Crippen molar-refractivity contribution in [3.8, 4) is 0 Å². The molecule has 0 aromatic heterocycles. The molecule has 0 saturated carbocycles. The first kappa shape index (κ1) is 19.2. The van der Waals surface area contributed by atoms with Gasteiger partial charge in [0.2, 0.25) is 0 Å². The Bertz CT molecular complexity index is 221. The number of allylic oxidation sites excluding steroid dienone is 2. The average Bonchev–Trinajstić information content (AvgIpc) is 2.43. The molecule has 19 heavy (non-hydrogen) atoms. The Morgan fingerprint density at radius 2 is 1.37 bits per heavy atom. The largest absolute Gasteiger partial charge is 0.174 e. The molecule has 0 rings (SSSR count). The van der Waals surface area contributed by atoms with E-state index < -0.39 is 0 Å². The lowest BCUT2D eigenvalue weighted by atomic mass is 10.1. The predicted octanol–water partition coefficient (Wildman–Crippen LogP) is 6.54. The van der Waals surface area contributed by atoms with Crippen LogP contribution in [0.1, 0.15) is 84.0 Å². The molecule has 0 heterocycles. The smallest absolute Gasteiger partial charge is 0.0218 e. The average molecular weight is 301 g/mol. The van der Waals surface area contributed by atoms with Crippen LogP contribution in [-0.4, -0.2) is 10.6 Å². The van der Waals surface area contributed by atoms with E-state index in [1.54, 1.807) is 0 Å². The van der Waals surface area contributed by atoms with E-state index in [-0.39, 0.29) is 0 Å². The van der Waals surface area contributed by atoms with Gasteiger partial charge in [-0.25, -0.2) is 0 Å². The van der Waals surface area contributed by atoms with Gasteiger partial charge in [0, 0.05) is 10.6 Å². The van der Waals surface area contributed by atoms with Crippen molar-refractivity contribution in [2.45, 2.75) is 84.0 Å². The maximum atomic E-state index is 5.15. The van der Waals surface area contributed by atoms with Crippen molar-refractivity contribution in [1.29, 1.82) is 0 Å². The van der Waals surface area contributed by atoms with Crippen LogP contribution in [0, 0.1) is 0 Å². The Hall–Kier alpha value is 0.180. The molecule has 2 heteroatoms. The molecule has 0 aromatic rings. The first-order valence-corrected chi connectivity index (χ1v) is 9.13. The molecule has 0 amide bonds. The molecule has 0 radical (unpaired) electrons. The zero-order valence-electron chi connectivity index (χ0n) is 12.7. The summed E-state index contributed by atoms with van der Waals surface area (Å²) in [6, 6.07) is 0. The first-order valence-electron chi connectivity index (χ1n) is 8.08. The molecule has 0 nitrogen and oxygen atoms in total. The molecule has 0 unspecified atom stereocenters. The quantitative estimate of drug-likeness (QED) is 0.164. The molecule has 0 aliphatic rings. The minimum absolute atomic E-state index is 0.771. The molecule has 0 aromatic carbocycles. The molecule has 0 bridgehead atoms. The van der Waals surface area contributed by atoms with Gasteiger partial charge in [0.1, 0.15) is 0 Å². The topological polar surface area (TPSA) is 0 Å². The third kappa shape index (κ3) is 16.1. The molecule has 0 fully saturated rings. The minimum Gasteiger partial charge on any atom is -0.174 e. The van der Waals surface area contributed by atoms with Crippen LogP contribution in [0.15, 0.2) is 12.2 Å². The van der Waals surface area contributed by atoms with Crippen molar-refractivity contribution in [2.24, 2.45) is 0 Å². The van der Waals surface area contributed by atoms with Gasteiger partial charge in [-0.2, -0.15) is 12.6 Å². The third-order valence-corrected chi connectivity index (χ3v) is 4.34. The van der Waals surface area contributed by atoms with Crippen molar-refractivity contribution in [1.82, 2.24) is 0 Å². The van der Waals surface area contributed by atoms with Crippen molar-refractivity contribution >= 4 is 29.7 Å². The van der Waals surface area contributed by atoms with Crippen LogP contribution in [0.2, 0.25) is 0 Å². The summed E-state index contributed by atoms with van der Waals surface area (Å²) in [5.41, 5.74) is 0. The summed E-state index contributed by atoms with van der Waals surface area (Å²) in [5.74, 6) is 0.771. The Morgan fingerprint density at radius 1 is 0.842 bits per heavy atom. The highest BCUT2D eigenvalue weighted by molar-refractivity contribution is 7.86. The molecule has 0 saturated heterocycles. The predicted molar refractivity (Wildman–Crippen MR) is 96.7 cm³/mol. The minimum atomic E-state index is 0.771. The molecular formula is C17H32S2. The molecule has 0 N–H and O–H groups in total. The Morgan fingerprint density at radius 3 is 1.95 bits per heavy atom. The highest BCUT2D eigenvalue weighted by Gasteiger charge is 1.93. The zero-order chi connectivity index (χ0) is 14.2. The Kier molecular flexibility index (Phi) is 16.4. The third-order valence-electron chi connectivity index (χ3n) is 3.39. The summed E-state index contributed by atoms with van der Waals surface area (Å²) >= 11 is 9.33. The van der Waals surface area contributed by atoms with E-state index in [4.69, 9.17) is 12.2 Å². The number of rotatable bonds is 14. The summed E-state index contributed by atoms with van der Waals surface area (Å²) in [6.45, 7) is 2.27. The van der Waals surface area contributed by atoms with E-state index in [1.807, 2.05) is 0 Å². The number of hydrogen-bond acceptors (Lipinski definition) is 2. The second-order valence-electron chi connectivity index (χ2n) is 5.32. The SMILES string of the molecule is CCCCCCCC/C=C\CCCCCC(=S)CS. The van der Waals surface area contributed by atoms with Crippen LogP contribution in [0.3, 0.4) is 0 Å². The van der Waals surface area contributed by atoms with Crippen LogP contribution in [-0.2, 0) is 0 Å². The molecular weight excluding hydrogens is 268 g/mol. The summed E-state index contributed by atoms with van der Waals surface area (Å²) in [7, 11) is 0. The van der Waals surface area contributed by atoms with E-state index in [0.29, 0.717) is 0 Å². The summed E-state index contributed by atoms with van der Waals surface area (Å²) in [4.78, 5) is 1.11. The number of thiocarbonyl (C=S) groups is 1.